The van der Waals surface area contributed by atoms with Crippen molar-refractivity contribution in [1.29, 1.82) is 0 Å². The Labute approximate surface area is 109 Å². The topological polar surface area (TPSA) is 26.3 Å². The molecule has 2 heteroatoms. The van der Waals surface area contributed by atoms with Gasteiger partial charge in [-0.3, -0.25) is 9.15 Å². The Morgan fingerprint density at radius 3 is 2.17 bits per heavy atom. The lowest BCUT2D eigenvalue weighted by Gasteiger charge is -2.27. The number of hydrogen-bond acceptors (Lipinski definition) is 2. The molecule has 2 rings (SSSR count). The Balaban J connectivity index is 2.88. The van der Waals surface area contributed by atoms with Crippen LogP contribution >= 0.6 is 0 Å². The summed E-state index contributed by atoms with van der Waals surface area (Å²) in [6.45, 7) is 17.2. The van der Waals surface area contributed by atoms with Gasteiger partial charge in [-0.05, 0) is 35.4 Å². The highest BCUT2D eigenvalue weighted by Crippen LogP contribution is 2.41. The first kappa shape index (κ1) is 13.0. The molecule has 2 aromatic rings. The van der Waals surface area contributed by atoms with Crippen molar-refractivity contribution in [3.05, 3.63) is 29.3 Å². The molecule has 0 atom stereocenters. The smallest absolute Gasteiger partial charge is 0.230 e. The highest BCUT2D eigenvalue weighted by atomic mass is 17.0. The van der Waals surface area contributed by atoms with E-state index in [2.05, 4.69) is 54.2 Å². The minimum atomic E-state index is 0.00699. The van der Waals surface area contributed by atoms with Crippen LogP contribution in [0, 0.1) is 0 Å². The van der Waals surface area contributed by atoms with Crippen LogP contribution in [-0.2, 0) is 5.41 Å². The summed E-state index contributed by atoms with van der Waals surface area (Å²) >= 11 is 0. The molecule has 0 bridgehead atoms. The fourth-order valence-electron chi connectivity index (χ4n) is 2.49. The van der Waals surface area contributed by atoms with Crippen molar-refractivity contribution in [2.24, 2.45) is 0 Å². The summed E-state index contributed by atoms with van der Waals surface area (Å²) in [7, 11) is 0. The standard InChI is InChI=1S/C16H22O2/c1-9(2)11-8-12-15(18-17-12)14(16(5,6)7)13(11)10(3)4/h8-9H,3H2,1-2,4-7H3. The van der Waals surface area contributed by atoms with Crippen molar-refractivity contribution in [3.63, 3.8) is 0 Å². The molecule has 0 aliphatic heterocycles. The Hall–Kier alpha value is -1.44. The lowest BCUT2D eigenvalue weighted by atomic mass is 9.78. The molecule has 0 fully saturated rings. The van der Waals surface area contributed by atoms with Crippen LogP contribution in [0.25, 0.3) is 16.7 Å². The molecule has 0 saturated carbocycles. The van der Waals surface area contributed by atoms with Crippen molar-refractivity contribution in [2.75, 3.05) is 0 Å². The molecule has 0 N–H and O–H groups in total. The van der Waals surface area contributed by atoms with Gasteiger partial charge in [-0.15, -0.1) is 0 Å². The first-order valence-electron chi connectivity index (χ1n) is 6.45. The Bertz CT molecular complexity index is 588. The van der Waals surface area contributed by atoms with E-state index in [9.17, 15) is 0 Å². The third kappa shape index (κ3) is 1.90. The fraction of sp³-hybridized carbons (Fsp3) is 0.500. The third-order valence-electron chi connectivity index (χ3n) is 3.29. The van der Waals surface area contributed by atoms with Gasteiger partial charge in [0.25, 0.3) is 0 Å². The summed E-state index contributed by atoms with van der Waals surface area (Å²) < 4.78 is 10.3. The lowest BCUT2D eigenvalue weighted by molar-refractivity contribution is 0.0571. The van der Waals surface area contributed by atoms with Crippen LogP contribution in [0.15, 0.2) is 21.8 Å². The molecule has 2 nitrogen and oxygen atoms in total. The van der Waals surface area contributed by atoms with Crippen molar-refractivity contribution >= 4 is 16.7 Å². The Morgan fingerprint density at radius 2 is 1.83 bits per heavy atom. The van der Waals surface area contributed by atoms with Crippen LogP contribution < -0.4 is 0 Å². The van der Waals surface area contributed by atoms with Gasteiger partial charge in [0, 0.05) is 5.56 Å². The normalized spacial score (nSPS) is 12.6. The second kappa shape index (κ2) is 4.04. The first-order chi connectivity index (χ1) is 8.23. The molecule has 0 unspecified atom stereocenters. The van der Waals surface area contributed by atoms with Gasteiger partial charge in [0.15, 0.2) is 0 Å². The molecule has 0 amide bonds. The van der Waals surface area contributed by atoms with Crippen LogP contribution in [0.4, 0.5) is 0 Å². The van der Waals surface area contributed by atoms with Gasteiger partial charge in [0.1, 0.15) is 0 Å². The zero-order chi connectivity index (χ0) is 13.7. The molecule has 18 heavy (non-hydrogen) atoms. The van der Waals surface area contributed by atoms with Gasteiger partial charge in [0.2, 0.25) is 11.2 Å². The molecule has 0 aliphatic rings. The van der Waals surface area contributed by atoms with Crippen LogP contribution in [0.2, 0.25) is 0 Å². The van der Waals surface area contributed by atoms with Crippen molar-refractivity contribution in [2.45, 2.75) is 52.9 Å². The number of allylic oxidation sites excluding steroid dienone is 1. The number of hydrogen-bond donors (Lipinski definition) is 0. The maximum absolute atomic E-state index is 5.22. The summed E-state index contributed by atoms with van der Waals surface area (Å²) in [6, 6.07) is 2.09. The second-order valence-corrected chi connectivity index (χ2v) is 6.39. The zero-order valence-electron chi connectivity index (χ0n) is 12.2. The maximum atomic E-state index is 5.22. The molecule has 98 valence electrons. The molecule has 1 aromatic carbocycles. The van der Waals surface area contributed by atoms with Crippen LogP contribution in [0.3, 0.4) is 0 Å². The molecule has 1 aromatic heterocycles. The van der Waals surface area contributed by atoms with Crippen LogP contribution in [0.5, 0.6) is 0 Å². The van der Waals surface area contributed by atoms with E-state index in [1.54, 1.807) is 0 Å². The fourth-order valence-corrected chi connectivity index (χ4v) is 2.49. The maximum Gasteiger partial charge on any atom is 0.230 e. The lowest BCUT2D eigenvalue weighted by Crippen LogP contribution is -2.17. The third-order valence-corrected chi connectivity index (χ3v) is 3.29. The highest BCUT2D eigenvalue weighted by molar-refractivity contribution is 5.85. The van der Waals surface area contributed by atoms with E-state index in [0.29, 0.717) is 5.92 Å². The minimum absolute atomic E-state index is 0.00699. The molecule has 1 heterocycles. The largest absolute Gasteiger partial charge is 0.286 e. The van der Waals surface area contributed by atoms with E-state index in [0.717, 1.165) is 16.7 Å². The monoisotopic (exact) mass is 246 g/mol. The summed E-state index contributed by atoms with van der Waals surface area (Å²) in [5.41, 5.74) is 6.56. The van der Waals surface area contributed by atoms with Crippen LogP contribution in [0.1, 0.15) is 64.2 Å². The SMILES string of the molecule is C=C(C)c1c(C(C)C)cc2ooc2c1C(C)(C)C. The number of benzene rings is 1. The van der Waals surface area contributed by atoms with E-state index in [1.807, 2.05) is 0 Å². The van der Waals surface area contributed by atoms with E-state index >= 15 is 0 Å². The second-order valence-electron chi connectivity index (χ2n) is 6.39. The number of fused-ring (bicyclic) bond motifs is 1. The van der Waals surface area contributed by atoms with Gasteiger partial charge >= 0.3 is 0 Å². The molecular formula is C16H22O2. The van der Waals surface area contributed by atoms with Crippen molar-refractivity contribution < 1.29 is 9.15 Å². The molecule has 0 aliphatic carbocycles. The van der Waals surface area contributed by atoms with Gasteiger partial charge in [-0.25, -0.2) is 0 Å². The Morgan fingerprint density at radius 1 is 1.22 bits per heavy atom. The molecule has 0 spiro atoms. The van der Waals surface area contributed by atoms with Gasteiger partial charge < -0.3 is 0 Å². The zero-order valence-corrected chi connectivity index (χ0v) is 12.2. The molecule has 0 saturated heterocycles. The van der Waals surface area contributed by atoms with Crippen molar-refractivity contribution in [3.8, 4) is 0 Å². The van der Waals surface area contributed by atoms with E-state index in [1.165, 1.54) is 16.7 Å². The van der Waals surface area contributed by atoms with Gasteiger partial charge in [-0.2, -0.15) is 0 Å². The predicted octanol–water partition coefficient (Wildman–Crippen LogP) is 5.48. The highest BCUT2D eigenvalue weighted by Gasteiger charge is 2.29. The summed E-state index contributed by atoms with van der Waals surface area (Å²) in [6.07, 6.45) is 0. The van der Waals surface area contributed by atoms with Gasteiger partial charge in [0.05, 0.1) is 0 Å². The number of rotatable bonds is 2. The summed E-state index contributed by atoms with van der Waals surface area (Å²) in [4.78, 5) is 0. The van der Waals surface area contributed by atoms with E-state index in [-0.39, 0.29) is 5.41 Å². The van der Waals surface area contributed by atoms with Gasteiger partial charge in [-0.1, -0.05) is 46.8 Å². The Kier molecular flexibility index (Phi) is 2.92. The average Bonchev–Trinajstić information content (AvgIpc) is 2.16. The quantitative estimate of drug-likeness (QED) is 0.656. The summed E-state index contributed by atoms with van der Waals surface area (Å²) in [5, 5.41) is 0. The summed E-state index contributed by atoms with van der Waals surface area (Å²) in [5.74, 6) is 0.437. The minimum Gasteiger partial charge on any atom is -0.286 e. The first-order valence-corrected chi connectivity index (χ1v) is 6.45. The molecular weight excluding hydrogens is 224 g/mol. The van der Waals surface area contributed by atoms with Crippen molar-refractivity contribution in [1.82, 2.24) is 0 Å². The van der Waals surface area contributed by atoms with Crippen LogP contribution in [-0.4, -0.2) is 0 Å². The predicted molar refractivity (Wildman–Crippen MR) is 76.0 cm³/mol. The van der Waals surface area contributed by atoms with E-state index < -0.39 is 0 Å². The molecule has 0 radical (unpaired) electrons. The average molecular weight is 246 g/mol. The van der Waals surface area contributed by atoms with E-state index in [4.69, 9.17) is 9.15 Å².